The second-order valence-corrected chi connectivity index (χ2v) is 6.58. The van der Waals surface area contributed by atoms with Gasteiger partial charge < -0.3 is 4.90 Å². The van der Waals surface area contributed by atoms with Crippen molar-refractivity contribution >= 4 is 28.3 Å². The Morgan fingerprint density at radius 1 is 1.31 bits per heavy atom. The van der Waals surface area contributed by atoms with Gasteiger partial charge in [-0.05, 0) is 30.9 Å². The van der Waals surface area contributed by atoms with E-state index >= 15 is 0 Å². The normalized spacial score (nSPS) is 12.2. The van der Waals surface area contributed by atoms with E-state index in [-0.39, 0.29) is 18.4 Å². The summed E-state index contributed by atoms with van der Waals surface area (Å²) in [6.45, 7) is 1.35. The van der Waals surface area contributed by atoms with Crippen molar-refractivity contribution in [3.63, 3.8) is 0 Å². The minimum Gasteiger partial charge on any atom is -0.338 e. The van der Waals surface area contributed by atoms with Gasteiger partial charge in [0.2, 0.25) is 0 Å². The van der Waals surface area contributed by atoms with Crippen molar-refractivity contribution in [2.24, 2.45) is 0 Å². The zero-order chi connectivity index (χ0) is 18.7. The first-order valence-corrected chi connectivity index (χ1v) is 8.73. The van der Waals surface area contributed by atoms with Gasteiger partial charge in [-0.15, -0.1) is 0 Å². The summed E-state index contributed by atoms with van der Waals surface area (Å²) in [5.41, 5.74) is 1.57. The van der Waals surface area contributed by atoms with Gasteiger partial charge in [-0.25, -0.2) is 4.98 Å². The molecule has 26 heavy (non-hydrogen) atoms. The van der Waals surface area contributed by atoms with Crippen LogP contribution in [-0.4, -0.2) is 40.5 Å². The number of halogens is 2. The minimum atomic E-state index is -0.472. The van der Waals surface area contributed by atoms with Gasteiger partial charge in [0, 0.05) is 36.4 Å². The van der Waals surface area contributed by atoms with Crippen LogP contribution >= 0.6 is 11.6 Å². The lowest BCUT2D eigenvalue weighted by Crippen LogP contribution is -2.35. The number of nitrogens with zero attached hydrogens (tertiary/aromatic N) is 3. The lowest BCUT2D eigenvalue weighted by molar-refractivity contribution is 0.0727. The molecule has 0 aliphatic heterocycles. The minimum absolute atomic E-state index is 0.216. The molecule has 6 heteroatoms. The summed E-state index contributed by atoms with van der Waals surface area (Å²) in [5, 5.41) is 2.28. The number of alkyl halides is 1. The lowest BCUT2D eigenvalue weighted by Gasteiger charge is -2.24. The fourth-order valence-corrected chi connectivity index (χ4v) is 2.99. The van der Waals surface area contributed by atoms with E-state index in [0.29, 0.717) is 22.0 Å². The number of hydrogen-bond acceptors (Lipinski definition) is 3. The molecule has 1 atom stereocenters. The molecule has 4 nitrogen and oxygen atoms in total. The first-order chi connectivity index (χ1) is 12.5. The Labute approximate surface area is 156 Å². The highest BCUT2D eigenvalue weighted by Crippen LogP contribution is 2.32. The van der Waals surface area contributed by atoms with Crippen LogP contribution in [0.1, 0.15) is 23.8 Å². The van der Waals surface area contributed by atoms with Crippen LogP contribution in [0, 0.1) is 0 Å². The Hall–Kier alpha value is -2.53. The number of rotatable bonds is 5. The Balaban J connectivity index is 2.14. The van der Waals surface area contributed by atoms with Crippen LogP contribution < -0.4 is 0 Å². The third-order valence-electron chi connectivity index (χ3n) is 4.49. The van der Waals surface area contributed by atoms with Crippen LogP contribution in [-0.2, 0) is 0 Å². The molecule has 0 N–H and O–H groups in total. The van der Waals surface area contributed by atoms with Crippen molar-refractivity contribution in [2.75, 3.05) is 13.7 Å². The predicted octanol–water partition coefficient (Wildman–Crippen LogP) is 4.77. The monoisotopic (exact) mass is 371 g/mol. The summed E-state index contributed by atoms with van der Waals surface area (Å²) in [6, 6.07) is 10.9. The third kappa shape index (κ3) is 3.53. The number of benzene rings is 1. The molecule has 134 valence electrons. The Kier molecular flexibility index (Phi) is 5.47. The molecule has 1 aromatic carbocycles. The number of pyridine rings is 2. The Bertz CT molecular complexity index is 947. The van der Waals surface area contributed by atoms with Crippen molar-refractivity contribution < 1.29 is 9.18 Å². The van der Waals surface area contributed by atoms with E-state index in [1.165, 1.54) is 4.90 Å². The molecule has 0 aliphatic rings. The maximum absolute atomic E-state index is 12.9. The molecule has 3 aromatic rings. The average molecular weight is 372 g/mol. The maximum atomic E-state index is 12.9. The highest BCUT2D eigenvalue weighted by molar-refractivity contribution is 6.33. The number of fused-ring (bicyclic) bond motifs is 1. The van der Waals surface area contributed by atoms with Gasteiger partial charge in [0.05, 0.1) is 17.4 Å². The molecule has 3 rings (SSSR count). The third-order valence-corrected chi connectivity index (χ3v) is 4.82. The van der Waals surface area contributed by atoms with Crippen LogP contribution in [0.5, 0.6) is 0 Å². The lowest BCUT2D eigenvalue weighted by atomic mass is 10.0. The molecule has 0 spiro atoms. The second kappa shape index (κ2) is 7.79. The van der Waals surface area contributed by atoms with E-state index in [0.717, 1.165) is 10.8 Å². The summed E-state index contributed by atoms with van der Waals surface area (Å²) in [6.07, 6.45) is 3.54. The highest BCUT2D eigenvalue weighted by Gasteiger charge is 2.21. The summed E-state index contributed by atoms with van der Waals surface area (Å²) in [4.78, 5) is 23.1. The molecule has 0 saturated carbocycles. The van der Waals surface area contributed by atoms with E-state index in [1.54, 1.807) is 31.6 Å². The van der Waals surface area contributed by atoms with Gasteiger partial charge in [-0.1, -0.05) is 35.9 Å². The second-order valence-electron chi connectivity index (χ2n) is 6.18. The van der Waals surface area contributed by atoms with Crippen LogP contribution in [0.4, 0.5) is 4.39 Å². The number of carbonyl (C=O) groups excluding carboxylic acids is 1. The molecular weight excluding hydrogens is 353 g/mol. The van der Waals surface area contributed by atoms with Gasteiger partial charge >= 0.3 is 0 Å². The highest BCUT2D eigenvalue weighted by atomic mass is 35.5. The van der Waals surface area contributed by atoms with Crippen molar-refractivity contribution in [3.05, 3.63) is 59.5 Å². The molecule has 2 aromatic heterocycles. The molecule has 0 fully saturated rings. The molecule has 0 bridgehead atoms. The van der Waals surface area contributed by atoms with Crippen LogP contribution in [0.15, 0.2) is 48.8 Å². The summed E-state index contributed by atoms with van der Waals surface area (Å²) < 4.78 is 12.6. The van der Waals surface area contributed by atoms with Crippen LogP contribution in [0.2, 0.25) is 5.02 Å². The molecule has 0 radical (unpaired) electrons. The van der Waals surface area contributed by atoms with Gasteiger partial charge in [0.15, 0.2) is 0 Å². The largest absolute Gasteiger partial charge is 0.338 e. The van der Waals surface area contributed by atoms with Crippen molar-refractivity contribution in [1.82, 2.24) is 14.9 Å². The first kappa shape index (κ1) is 18.3. The van der Waals surface area contributed by atoms with E-state index in [1.807, 2.05) is 31.2 Å². The van der Waals surface area contributed by atoms with Crippen LogP contribution in [0.25, 0.3) is 22.0 Å². The van der Waals surface area contributed by atoms with Crippen LogP contribution in [0.3, 0.4) is 0 Å². The summed E-state index contributed by atoms with van der Waals surface area (Å²) in [7, 11) is 1.66. The number of amides is 1. The quantitative estimate of drug-likeness (QED) is 0.649. The van der Waals surface area contributed by atoms with E-state index in [4.69, 9.17) is 11.6 Å². The van der Waals surface area contributed by atoms with E-state index < -0.39 is 6.67 Å². The van der Waals surface area contributed by atoms with Crippen molar-refractivity contribution in [1.29, 1.82) is 0 Å². The molecule has 1 unspecified atom stereocenters. The Morgan fingerprint density at radius 2 is 2.08 bits per heavy atom. The van der Waals surface area contributed by atoms with Gasteiger partial charge in [-0.2, -0.15) is 0 Å². The van der Waals surface area contributed by atoms with Gasteiger partial charge in [-0.3, -0.25) is 14.2 Å². The number of aromatic nitrogens is 2. The Morgan fingerprint density at radius 3 is 2.81 bits per heavy atom. The molecular formula is C20H19ClFN3O. The fourth-order valence-electron chi connectivity index (χ4n) is 2.80. The molecule has 2 heterocycles. The fraction of sp³-hybridized carbons (Fsp3) is 0.250. The van der Waals surface area contributed by atoms with Crippen molar-refractivity contribution in [3.8, 4) is 11.3 Å². The molecule has 0 saturated heterocycles. The summed E-state index contributed by atoms with van der Waals surface area (Å²) >= 11 is 6.33. The van der Waals surface area contributed by atoms with E-state index in [2.05, 4.69) is 9.97 Å². The average Bonchev–Trinajstić information content (AvgIpc) is 2.66. The number of carbonyl (C=O) groups is 1. The van der Waals surface area contributed by atoms with Gasteiger partial charge in [0.1, 0.15) is 5.69 Å². The van der Waals surface area contributed by atoms with E-state index in [9.17, 15) is 9.18 Å². The number of hydrogen-bond donors (Lipinski definition) is 0. The first-order valence-electron chi connectivity index (χ1n) is 8.35. The molecule has 0 aliphatic carbocycles. The molecule has 1 amide bonds. The standard InChI is InChI=1S/C20H19ClFN3O/c1-13(7-9-22)25(2)20(26)18-11-14-5-3-4-6-15(14)19(24-18)16-12-23-10-8-17(16)21/h3-6,8,10-13H,7,9H2,1-2H3. The predicted molar refractivity (Wildman–Crippen MR) is 102 cm³/mol. The zero-order valence-electron chi connectivity index (χ0n) is 14.6. The smallest absolute Gasteiger partial charge is 0.272 e. The SMILES string of the molecule is CC(CCF)N(C)C(=O)c1cc2ccccc2c(-c2cnccc2Cl)n1. The maximum Gasteiger partial charge on any atom is 0.272 e. The van der Waals surface area contributed by atoms with Crippen molar-refractivity contribution in [2.45, 2.75) is 19.4 Å². The van der Waals surface area contributed by atoms with Gasteiger partial charge in [0.25, 0.3) is 5.91 Å². The summed E-state index contributed by atoms with van der Waals surface area (Å²) in [5.74, 6) is -0.252. The zero-order valence-corrected chi connectivity index (χ0v) is 15.4. The topological polar surface area (TPSA) is 46.1 Å².